The molecule has 0 spiro atoms. The highest BCUT2D eigenvalue weighted by Crippen LogP contribution is 2.37. The minimum atomic E-state index is -1.56. The highest BCUT2D eigenvalue weighted by Gasteiger charge is 2.47. The quantitative estimate of drug-likeness (QED) is 0.476. The summed E-state index contributed by atoms with van der Waals surface area (Å²) in [4.78, 5) is 32.5. The number of nitrogens with zero attached hydrogens (tertiary/aromatic N) is 7. The fourth-order valence-corrected chi connectivity index (χ4v) is 4.50. The number of aromatic nitrogens is 6. The monoisotopic (exact) mass is 448 g/mol. The van der Waals surface area contributed by atoms with E-state index in [2.05, 4.69) is 25.4 Å². The van der Waals surface area contributed by atoms with E-state index in [1.807, 2.05) is 37.5 Å². The van der Waals surface area contributed by atoms with Crippen LogP contribution in [0.2, 0.25) is 0 Å². The van der Waals surface area contributed by atoms with Gasteiger partial charge < -0.3 is 15.3 Å². The molecule has 0 bridgehead atoms. The van der Waals surface area contributed by atoms with Gasteiger partial charge in [0.1, 0.15) is 5.01 Å². The minimum absolute atomic E-state index is 0.325. The number of rotatable bonds is 5. The molecule has 0 aromatic carbocycles. The van der Waals surface area contributed by atoms with E-state index in [0.717, 1.165) is 4.88 Å². The van der Waals surface area contributed by atoms with Crippen molar-refractivity contribution in [1.82, 2.24) is 34.6 Å². The van der Waals surface area contributed by atoms with Gasteiger partial charge in [0.2, 0.25) is 5.95 Å². The summed E-state index contributed by atoms with van der Waals surface area (Å²) in [7, 11) is 3.51. The number of anilines is 2. The molecule has 1 saturated heterocycles. The molecule has 4 aromatic rings. The number of aliphatic hydroxyl groups is 1. The van der Waals surface area contributed by atoms with E-state index in [9.17, 15) is 9.90 Å². The first kappa shape index (κ1) is 20.2. The number of hydrogen-bond donors (Lipinski definition) is 2. The molecule has 1 aliphatic rings. The second-order valence-corrected chi connectivity index (χ2v) is 8.57. The summed E-state index contributed by atoms with van der Waals surface area (Å²) < 4.78 is 1.69. The van der Waals surface area contributed by atoms with Crippen molar-refractivity contribution < 1.29 is 9.90 Å². The summed E-state index contributed by atoms with van der Waals surface area (Å²) in [6.07, 6.45) is 5.46. The van der Waals surface area contributed by atoms with E-state index in [1.165, 1.54) is 16.2 Å². The lowest BCUT2D eigenvalue weighted by Crippen LogP contribution is -2.35. The maximum absolute atomic E-state index is 12.4. The maximum Gasteiger partial charge on any atom is 0.261 e. The highest BCUT2D eigenvalue weighted by molar-refractivity contribution is 7.15. The van der Waals surface area contributed by atoms with Crippen LogP contribution in [-0.2, 0) is 17.4 Å². The number of amides is 1. The van der Waals surface area contributed by atoms with Crippen LogP contribution >= 0.6 is 11.3 Å². The van der Waals surface area contributed by atoms with E-state index in [-0.39, 0.29) is 5.91 Å². The van der Waals surface area contributed by atoms with Gasteiger partial charge in [-0.2, -0.15) is 5.10 Å². The van der Waals surface area contributed by atoms with Gasteiger partial charge in [-0.05, 0) is 18.2 Å². The Labute approximate surface area is 187 Å². The molecule has 5 heterocycles. The fourth-order valence-electron chi connectivity index (χ4n) is 3.51. The number of pyridine rings is 1. The summed E-state index contributed by atoms with van der Waals surface area (Å²) in [5.74, 6) is 0.738. The molecule has 5 rings (SSSR count). The number of likely N-dealkylation sites (tertiary alicyclic amines) is 1. The third-order valence-electron chi connectivity index (χ3n) is 5.24. The second-order valence-electron chi connectivity index (χ2n) is 7.54. The molecule has 1 amide bonds. The summed E-state index contributed by atoms with van der Waals surface area (Å²) >= 11 is 1.27. The third kappa shape index (κ3) is 3.61. The summed E-state index contributed by atoms with van der Waals surface area (Å²) in [6, 6.07) is 9.22. The molecule has 1 unspecified atom stereocenters. The number of aryl methyl sites for hydroxylation is 1. The van der Waals surface area contributed by atoms with E-state index in [1.54, 1.807) is 30.2 Å². The Kier molecular flexibility index (Phi) is 4.91. The van der Waals surface area contributed by atoms with E-state index in [4.69, 9.17) is 4.98 Å². The first-order chi connectivity index (χ1) is 15.4. The zero-order chi connectivity index (χ0) is 22.3. The van der Waals surface area contributed by atoms with Gasteiger partial charge in [0.05, 0.1) is 22.0 Å². The van der Waals surface area contributed by atoms with Crippen molar-refractivity contribution in [2.45, 2.75) is 12.0 Å². The Hall–Kier alpha value is -3.70. The molecule has 4 aromatic heterocycles. The molecule has 2 N–H and O–H groups in total. The molecule has 0 saturated carbocycles. The topological polar surface area (TPSA) is 122 Å². The van der Waals surface area contributed by atoms with Gasteiger partial charge in [0.15, 0.2) is 11.4 Å². The average molecular weight is 449 g/mol. The van der Waals surface area contributed by atoms with Gasteiger partial charge in [0, 0.05) is 51.7 Å². The van der Waals surface area contributed by atoms with E-state index >= 15 is 0 Å². The lowest BCUT2D eigenvalue weighted by molar-refractivity contribution is -0.143. The smallest absolute Gasteiger partial charge is 0.261 e. The Bertz CT molecular complexity index is 1300. The molecule has 11 heteroatoms. The van der Waals surface area contributed by atoms with Crippen LogP contribution < -0.4 is 5.32 Å². The van der Waals surface area contributed by atoms with Crippen LogP contribution in [0.1, 0.15) is 11.4 Å². The van der Waals surface area contributed by atoms with Gasteiger partial charge in [0.25, 0.3) is 5.91 Å². The van der Waals surface area contributed by atoms with Gasteiger partial charge in [-0.15, -0.1) is 11.3 Å². The number of nitrogens with one attached hydrogen (secondary N) is 1. The Morgan fingerprint density at radius 2 is 1.91 bits per heavy atom. The molecule has 32 heavy (non-hydrogen) atoms. The molecule has 1 aliphatic heterocycles. The van der Waals surface area contributed by atoms with Crippen LogP contribution in [-0.4, -0.2) is 59.2 Å². The zero-order valence-electron chi connectivity index (χ0n) is 17.4. The van der Waals surface area contributed by atoms with Gasteiger partial charge in [-0.3, -0.25) is 9.48 Å². The molecule has 0 aliphatic carbocycles. The van der Waals surface area contributed by atoms with Crippen LogP contribution in [0.25, 0.3) is 22.0 Å². The van der Waals surface area contributed by atoms with Gasteiger partial charge in [-0.25, -0.2) is 19.9 Å². The van der Waals surface area contributed by atoms with Crippen LogP contribution in [0, 0.1) is 0 Å². The first-order valence-corrected chi connectivity index (χ1v) is 10.8. The molecule has 1 fully saturated rings. The van der Waals surface area contributed by atoms with Crippen molar-refractivity contribution in [1.29, 1.82) is 0 Å². The summed E-state index contributed by atoms with van der Waals surface area (Å²) in [5.41, 5.74) is 0.440. The van der Waals surface area contributed by atoms with Crippen LogP contribution in [0.15, 0.2) is 48.9 Å². The number of carbonyl (C=O) groups excluding carboxylic acids is 1. The minimum Gasteiger partial charge on any atom is -0.373 e. The highest BCUT2D eigenvalue weighted by atomic mass is 32.1. The largest absolute Gasteiger partial charge is 0.373 e. The molecule has 10 nitrogen and oxygen atoms in total. The van der Waals surface area contributed by atoms with Crippen molar-refractivity contribution in [2.24, 2.45) is 7.05 Å². The summed E-state index contributed by atoms with van der Waals surface area (Å²) in [5, 5.41) is 18.6. The number of likely N-dealkylation sites (N-methyl/N-ethyl adjacent to an activating group) is 1. The van der Waals surface area contributed by atoms with Gasteiger partial charge >= 0.3 is 0 Å². The normalized spacial score (nSPS) is 18.3. The fraction of sp³-hybridized carbons (Fsp3) is 0.238. The van der Waals surface area contributed by atoms with Crippen molar-refractivity contribution in [3.8, 4) is 22.0 Å². The standard InChI is InChI=1S/C21H20N8O2S/c1-28-11-8-21(31,19(28)30)18-23-12-16(32-18)15-5-3-4-13(24-15)14-6-9-22-20(25-14)26-17-7-10-29(2)27-17/h3-7,9-10,12,31H,8,11H2,1-2H3,(H,22,25,26,27). The third-order valence-corrected chi connectivity index (χ3v) is 6.41. The lowest BCUT2D eigenvalue weighted by Gasteiger charge is -2.17. The molecular formula is C21H20N8O2S. The predicted octanol–water partition coefficient (Wildman–Crippen LogP) is 2.19. The Morgan fingerprint density at radius 1 is 1.09 bits per heavy atom. The zero-order valence-corrected chi connectivity index (χ0v) is 18.2. The van der Waals surface area contributed by atoms with Crippen molar-refractivity contribution in [3.05, 3.63) is 53.9 Å². The molecule has 1 atom stereocenters. The van der Waals surface area contributed by atoms with Crippen LogP contribution in [0.5, 0.6) is 0 Å². The maximum atomic E-state index is 12.4. The van der Waals surface area contributed by atoms with Crippen molar-refractivity contribution in [2.75, 3.05) is 18.9 Å². The van der Waals surface area contributed by atoms with E-state index < -0.39 is 5.60 Å². The number of thiazole rings is 1. The SMILES string of the molecule is CN1CCC(O)(c2ncc(-c3cccc(-c4ccnc(Nc5ccn(C)n5)n4)n3)s2)C1=O. The Balaban J connectivity index is 1.42. The number of carbonyl (C=O) groups is 1. The average Bonchev–Trinajstić information content (AvgIpc) is 3.52. The van der Waals surface area contributed by atoms with E-state index in [0.29, 0.717) is 46.8 Å². The number of hydrogen-bond acceptors (Lipinski definition) is 9. The van der Waals surface area contributed by atoms with Crippen molar-refractivity contribution >= 4 is 29.0 Å². The predicted molar refractivity (Wildman–Crippen MR) is 119 cm³/mol. The summed E-state index contributed by atoms with van der Waals surface area (Å²) in [6.45, 7) is 0.501. The second kappa shape index (κ2) is 7.77. The van der Waals surface area contributed by atoms with Crippen LogP contribution in [0.4, 0.5) is 11.8 Å². The first-order valence-electron chi connectivity index (χ1n) is 9.94. The molecular weight excluding hydrogens is 428 g/mol. The lowest BCUT2D eigenvalue weighted by atomic mass is 10.0. The Morgan fingerprint density at radius 3 is 2.66 bits per heavy atom. The molecule has 0 radical (unpaired) electrons. The van der Waals surface area contributed by atoms with Gasteiger partial charge in [-0.1, -0.05) is 6.07 Å². The van der Waals surface area contributed by atoms with Crippen molar-refractivity contribution in [3.63, 3.8) is 0 Å². The van der Waals surface area contributed by atoms with Crippen LogP contribution in [0.3, 0.4) is 0 Å². The molecule has 162 valence electrons.